The van der Waals surface area contributed by atoms with E-state index in [0.717, 1.165) is 32.6 Å². The monoisotopic (exact) mass is 436 g/mol. The van der Waals surface area contributed by atoms with Crippen LogP contribution in [0.5, 0.6) is 0 Å². The van der Waals surface area contributed by atoms with Crippen LogP contribution in [0.25, 0.3) is 21.8 Å². The Kier molecular flexibility index (Phi) is 5.32. The third-order valence-electron chi connectivity index (χ3n) is 5.87. The molecule has 0 bridgehead atoms. The number of para-hydroxylation sites is 1. The van der Waals surface area contributed by atoms with Crippen molar-refractivity contribution in [3.8, 4) is 0 Å². The number of nitrogens with one attached hydrogen (secondary N) is 1. The Morgan fingerprint density at radius 2 is 1.62 bits per heavy atom. The van der Waals surface area contributed by atoms with Gasteiger partial charge in [-0.25, -0.2) is 4.98 Å². The van der Waals surface area contributed by atoms with Crippen molar-refractivity contribution in [3.05, 3.63) is 107 Å². The Morgan fingerprint density at radius 1 is 0.875 bits per heavy atom. The molecular weight excluding hydrogens is 412 g/mol. The first-order chi connectivity index (χ1) is 15.5. The first-order valence-corrected chi connectivity index (χ1v) is 11.6. The summed E-state index contributed by atoms with van der Waals surface area (Å²) in [5.41, 5.74) is 7.24. The minimum atomic E-state index is -0.384. The van der Waals surface area contributed by atoms with Crippen molar-refractivity contribution in [2.24, 2.45) is 0 Å². The molecule has 0 amide bonds. The van der Waals surface area contributed by atoms with Gasteiger partial charge in [0.2, 0.25) is 0 Å². The first-order valence-electron chi connectivity index (χ1n) is 10.7. The second-order valence-corrected chi connectivity index (χ2v) is 9.40. The quantitative estimate of drug-likeness (QED) is 0.231. The van der Waals surface area contributed by atoms with E-state index >= 15 is 0 Å². The van der Waals surface area contributed by atoms with Gasteiger partial charge in [0.05, 0.1) is 15.8 Å². The number of rotatable bonds is 5. The molecule has 1 atom stereocenters. The van der Waals surface area contributed by atoms with Crippen LogP contribution < -0.4 is 0 Å². The summed E-state index contributed by atoms with van der Waals surface area (Å²) in [7, 11) is 0. The van der Waals surface area contributed by atoms with Crippen molar-refractivity contribution < 1.29 is 4.79 Å². The van der Waals surface area contributed by atoms with Crippen molar-refractivity contribution in [1.29, 1.82) is 0 Å². The number of nitrogens with zero attached hydrogens (tertiary/aromatic N) is 1. The molecule has 1 N–H and O–H groups in total. The van der Waals surface area contributed by atoms with Gasteiger partial charge >= 0.3 is 0 Å². The molecule has 0 radical (unpaired) electrons. The molecule has 5 aromatic rings. The molecule has 3 nitrogen and oxygen atoms in total. The third-order valence-corrected chi connectivity index (χ3v) is 7.04. The van der Waals surface area contributed by atoms with Gasteiger partial charge in [0.25, 0.3) is 0 Å². The maximum Gasteiger partial charge on any atom is 0.182 e. The van der Waals surface area contributed by atoms with Crippen LogP contribution in [-0.4, -0.2) is 15.8 Å². The maximum absolute atomic E-state index is 13.8. The Bertz CT molecular complexity index is 1450. The molecule has 158 valence electrons. The van der Waals surface area contributed by atoms with E-state index in [0.29, 0.717) is 5.56 Å². The lowest BCUT2D eigenvalue weighted by molar-refractivity contribution is 0.0991. The number of carbonyl (C=O) groups excluding carboxylic acids is 1. The molecule has 3 aromatic carbocycles. The summed E-state index contributed by atoms with van der Waals surface area (Å²) in [6.45, 7) is 6.33. The van der Waals surface area contributed by atoms with E-state index in [1.807, 2.05) is 60.8 Å². The fourth-order valence-electron chi connectivity index (χ4n) is 4.31. The Labute approximate surface area is 191 Å². The van der Waals surface area contributed by atoms with Crippen molar-refractivity contribution in [2.75, 3.05) is 0 Å². The van der Waals surface area contributed by atoms with Crippen LogP contribution >= 0.6 is 11.8 Å². The van der Waals surface area contributed by atoms with Gasteiger partial charge in [-0.05, 0) is 55.7 Å². The molecule has 0 spiro atoms. The predicted octanol–water partition coefficient (Wildman–Crippen LogP) is 7.36. The van der Waals surface area contributed by atoms with Crippen LogP contribution in [0.4, 0.5) is 0 Å². The molecule has 4 heteroatoms. The normalized spacial score (nSPS) is 12.3. The zero-order valence-electron chi connectivity index (χ0n) is 18.3. The van der Waals surface area contributed by atoms with E-state index in [4.69, 9.17) is 4.98 Å². The highest BCUT2D eigenvalue weighted by Crippen LogP contribution is 2.39. The number of Topliss-reactive ketones (excluding diaryl/α,β-unsaturated/α-hetero) is 1. The van der Waals surface area contributed by atoms with Gasteiger partial charge in [-0.15, -0.1) is 0 Å². The second-order valence-electron chi connectivity index (χ2n) is 8.28. The minimum absolute atomic E-state index is 0.0822. The van der Waals surface area contributed by atoms with Gasteiger partial charge in [0.15, 0.2) is 5.78 Å². The molecule has 2 heterocycles. The summed E-state index contributed by atoms with van der Waals surface area (Å²) < 4.78 is 0. The van der Waals surface area contributed by atoms with Gasteiger partial charge in [0, 0.05) is 28.0 Å². The number of hydrogen-bond acceptors (Lipinski definition) is 3. The Morgan fingerprint density at radius 3 is 2.44 bits per heavy atom. The molecule has 0 aliphatic carbocycles. The average Bonchev–Trinajstić information content (AvgIpc) is 3.23. The Balaban J connectivity index is 1.60. The smallest absolute Gasteiger partial charge is 0.182 e. The molecule has 32 heavy (non-hydrogen) atoms. The number of fused-ring (bicyclic) bond motifs is 2. The zero-order chi connectivity index (χ0) is 22.2. The van der Waals surface area contributed by atoms with Crippen LogP contribution in [0.1, 0.15) is 37.9 Å². The van der Waals surface area contributed by atoms with E-state index < -0.39 is 0 Å². The highest BCUT2D eigenvalue weighted by molar-refractivity contribution is 8.00. The predicted molar refractivity (Wildman–Crippen MR) is 134 cm³/mol. The molecule has 0 saturated carbocycles. The SMILES string of the molecule is Cc1cc(C)c2nc(SC(C(=O)c3c[nH]c4ccccc34)c3ccccc3)cc(C)c2c1. The van der Waals surface area contributed by atoms with Gasteiger partial charge < -0.3 is 4.98 Å². The fourth-order valence-corrected chi connectivity index (χ4v) is 5.47. The summed E-state index contributed by atoms with van der Waals surface area (Å²) in [5, 5.41) is 2.61. The fraction of sp³-hybridized carbons (Fsp3) is 0.143. The molecule has 2 aromatic heterocycles. The highest BCUT2D eigenvalue weighted by atomic mass is 32.2. The van der Waals surface area contributed by atoms with Crippen molar-refractivity contribution in [1.82, 2.24) is 9.97 Å². The Hall–Kier alpha value is -3.37. The van der Waals surface area contributed by atoms with Gasteiger partial charge in [0.1, 0.15) is 0 Å². The summed E-state index contributed by atoms with van der Waals surface area (Å²) in [5.74, 6) is 0.0822. The average molecular weight is 437 g/mol. The summed E-state index contributed by atoms with van der Waals surface area (Å²) in [6, 6.07) is 24.4. The lowest BCUT2D eigenvalue weighted by Gasteiger charge is -2.17. The van der Waals surface area contributed by atoms with Crippen molar-refractivity contribution >= 4 is 39.4 Å². The van der Waals surface area contributed by atoms with Crippen LogP contribution in [0, 0.1) is 20.8 Å². The number of thioether (sulfide) groups is 1. The summed E-state index contributed by atoms with van der Waals surface area (Å²) in [6.07, 6.45) is 1.83. The molecule has 0 fully saturated rings. The maximum atomic E-state index is 13.8. The standard InChI is InChI=1S/C28H24N2OS/c1-17-13-19(3)26-22(14-17)18(2)15-25(30-26)32-28(20-9-5-4-6-10-20)27(31)23-16-29-24-12-8-7-11-21(23)24/h4-16,28-29H,1-3H3. The number of hydrogen-bond donors (Lipinski definition) is 1. The topological polar surface area (TPSA) is 45.8 Å². The number of ketones is 1. The molecule has 0 aliphatic rings. The summed E-state index contributed by atoms with van der Waals surface area (Å²) in [4.78, 5) is 22.0. The van der Waals surface area contributed by atoms with Crippen LogP contribution in [-0.2, 0) is 0 Å². The van der Waals surface area contributed by atoms with Crippen LogP contribution in [0.15, 0.2) is 84.0 Å². The van der Waals surface area contributed by atoms with Gasteiger partial charge in [-0.1, -0.05) is 71.9 Å². The zero-order valence-corrected chi connectivity index (χ0v) is 19.2. The lowest BCUT2D eigenvalue weighted by Crippen LogP contribution is -2.10. The van der Waals surface area contributed by atoms with Crippen LogP contribution in [0.2, 0.25) is 0 Å². The first kappa shape index (κ1) is 20.5. The number of aromatic amines is 1. The number of pyridine rings is 1. The number of H-pyrrole nitrogens is 1. The number of carbonyl (C=O) groups is 1. The van der Waals surface area contributed by atoms with E-state index in [1.165, 1.54) is 28.3 Å². The lowest BCUT2D eigenvalue weighted by atomic mass is 10.0. The molecule has 5 rings (SSSR count). The van der Waals surface area contributed by atoms with E-state index in [-0.39, 0.29) is 11.0 Å². The van der Waals surface area contributed by atoms with Crippen molar-refractivity contribution in [2.45, 2.75) is 31.0 Å². The molecular formula is C28H24N2OS. The number of aryl methyl sites for hydroxylation is 3. The van der Waals surface area contributed by atoms with Gasteiger partial charge in [-0.2, -0.15) is 0 Å². The molecule has 1 unspecified atom stereocenters. The highest BCUT2D eigenvalue weighted by Gasteiger charge is 2.26. The largest absolute Gasteiger partial charge is 0.360 e. The van der Waals surface area contributed by atoms with Crippen molar-refractivity contribution in [3.63, 3.8) is 0 Å². The van der Waals surface area contributed by atoms with E-state index in [2.05, 4.69) is 44.0 Å². The van der Waals surface area contributed by atoms with E-state index in [9.17, 15) is 4.79 Å². The minimum Gasteiger partial charge on any atom is -0.360 e. The number of benzene rings is 3. The van der Waals surface area contributed by atoms with Crippen LogP contribution in [0.3, 0.4) is 0 Å². The summed E-state index contributed by atoms with van der Waals surface area (Å²) >= 11 is 1.52. The molecule has 0 saturated heterocycles. The second kappa shape index (κ2) is 8.29. The third kappa shape index (κ3) is 3.71. The van der Waals surface area contributed by atoms with Gasteiger partial charge in [-0.3, -0.25) is 4.79 Å². The molecule has 0 aliphatic heterocycles. The number of aromatic nitrogens is 2. The van der Waals surface area contributed by atoms with E-state index in [1.54, 1.807) is 0 Å².